The first kappa shape index (κ1) is 13.1. The van der Waals surface area contributed by atoms with Crippen LogP contribution in [0.5, 0.6) is 0 Å². The van der Waals surface area contributed by atoms with Crippen LogP contribution in [0.3, 0.4) is 0 Å². The predicted molar refractivity (Wildman–Crippen MR) is 70.8 cm³/mol. The lowest BCUT2D eigenvalue weighted by molar-refractivity contribution is 0.0456. The summed E-state index contributed by atoms with van der Waals surface area (Å²) >= 11 is 0. The van der Waals surface area contributed by atoms with Gasteiger partial charge >= 0.3 is 0 Å². The smallest absolute Gasteiger partial charge is 0.293 e. The molecule has 5 heteroatoms. The molecule has 0 saturated heterocycles. The Morgan fingerprint density at radius 1 is 1.50 bits per heavy atom. The van der Waals surface area contributed by atoms with E-state index in [2.05, 4.69) is 10.3 Å². The van der Waals surface area contributed by atoms with Gasteiger partial charge in [0, 0.05) is 25.0 Å². The zero-order chi connectivity index (χ0) is 13.2. The summed E-state index contributed by atoms with van der Waals surface area (Å²) in [4.78, 5) is 16.2. The number of nitrogens with one attached hydrogen (secondary N) is 1. The van der Waals surface area contributed by atoms with E-state index >= 15 is 0 Å². The van der Waals surface area contributed by atoms with Crippen molar-refractivity contribution in [3.63, 3.8) is 0 Å². The third kappa shape index (κ3) is 2.72. The van der Waals surface area contributed by atoms with Crippen LogP contribution in [0.25, 0.3) is 0 Å². The van der Waals surface area contributed by atoms with Gasteiger partial charge in [-0.25, -0.2) is 4.98 Å². The Balaban J connectivity index is 2.10. The second kappa shape index (κ2) is 5.10. The van der Waals surface area contributed by atoms with Crippen molar-refractivity contribution in [2.75, 3.05) is 11.9 Å². The van der Waals surface area contributed by atoms with Gasteiger partial charge in [0.15, 0.2) is 5.82 Å². The summed E-state index contributed by atoms with van der Waals surface area (Å²) < 4.78 is 1.73. The van der Waals surface area contributed by atoms with Gasteiger partial charge in [-0.05, 0) is 25.7 Å². The first-order valence-electron chi connectivity index (χ1n) is 6.63. The molecule has 2 rings (SSSR count). The van der Waals surface area contributed by atoms with Crippen molar-refractivity contribution in [1.29, 1.82) is 0 Å². The molecule has 0 unspecified atom stereocenters. The zero-order valence-electron chi connectivity index (χ0n) is 11.0. The second-order valence-corrected chi connectivity index (χ2v) is 5.00. The van der Waals surface area contributed by atoms with Crippen molar-refractivity contribution in [2.45, 2.75) is 51.2 Å². The molecule has 0 spiro atoms. The standard InChI is InChI=1S/C13H21N3O2/c1-3-13(18,4-2)9-15-11-12(17)16(8-7-14-11)10-5-6-10/h7-8,10,18H,3-6,9H2,1-2H3,(H,14,15). The Morgan fingerprint density at radius 3 is 2.72 bits per heavy atom. The fourth-order valence-corrected chi connectivity index (χ4v) is 1.93. The van der Waals surface area contributed by atoms with Crippen LogP contribution in [-0.4, -0.2) is 26.8 Å². The monoisotopic (exact) mass is 251 g/mol. The van der Waals surface area contributed by atoms with Gasteiger partial charge in [0.05, 0.1) is 5.60 Å². The number of anilines is 1. The van der Waals surface area contributed by atoms with Crippen LogP contribution in [0, 0.1) is 0 Å². The summed E-state index contributed by atoms with van der Waals surface area (Å²) in [5, 5.41) is 13.2. The first-order chi connectivity index (χ1) is 8.59. The predicted octanol–water partition coefficient (Wildman–Crippen LogP) is 1.54. The fraction of sp³-hybridized carbons (Fsp3) is 0.692. The maximum atomic E-state index is 12.1. The molecule has 1 heterocycles. The van der Waals surface area contributed by atoms with Crippen LogP contribution < -0.4 is 10.9 Å². The molecule has 2 N–H and O–H groups in total. The Labute approximate surface area is 107 Å². The van der Waals surface area contributed by atoms with Crippen molar-refractivity contribution in [3.8, 4) is 0 Å². The molecule has 1 aromatic heterocycles. The van der Waals surface area contributed by atoms with E-state index < -0.39 is 5.60 Å². The fourth-order valence-electron chi connectivity index (χ4n) is 1.93. The average Bonchev–Trinajstić information content (AvgIpc) is 3.21. The minimum Gasteiger partial charge on any atom is -0.388 e. The van der Waals surface area contributed by atoms with E-state index in [9.17, 15) is 9.90 Å². The van der Waals surface area contributed by atoms with Gasteiger partial charge in [0.1, 0.15) is 0 Å². The van der Waals surface area contributed by atoms with Gasteiger partial charge in [0.2, 0.25) is 0 Å². The van der Waals surface area contributed by atoms with Crippen molar-refractivity contribution in [3.05, 3.63) is 22.7 Å². The third-order valence-corrected chi connectivity index (χ3v) is 3.71. The number of aromatic nitrogens is 2. The molecule has 1 saturated carbocycles. The van der Waals surface area contributed by atoms with Gasteiger partial charge < -0.3 is 15.0 Å². The number of hydrogen-bond acceptors (Lipinski definition) is 4. The van der Waals surface area contributed by atoms with Crippen LogP contribution in [0.15, 0.2) is 17.2 Å². The lowest BCUT2D eigenvalue weighted by Crippen LogP contribution is -2.37. The maximum absolute atomic E-state index is 12.1. The van der Waals surface area contributed by atoms with Crippen molar-refractivity contribution in [1.82, 2.24) is 9.55 Å². The molecule has 1 aliphatic rings. The summed E-state index contributed by atoms with van der Waals surface area (Å²) in [7, 11) is 0. The molecule has 100 valence electrons. The van der Waals surface area contributed by atoms with Gasteiger partial charge in [0.25, 0.3) is 5.56 Å². The van der Waals surface area contributed by atoms with E-state index in [0.717, 1.165) is 12.8 Å². The minimum absolute atomic E-state index is 0.0884. The van der Waals surface area contributed by atoms with Crippen LogP contribution in [0.1, 0.15) is 45.6 Å². The van der Waals surface area contributed by atoms with Crippen LogP contribution in [-0.2, 0) is 0 Å². The number of aliphatic hydroxyl groups is 1. The number of nitrogens with zero attached hydrogens (tertiary/aromatic N) is 2. The molecule has 0 aliphatic heterocycles. The summed E-state index contributed by atoms with van der Waals surface area (Å²) in [5.74, 6) is 0.338. The maximum Gasteiger partial charge on any atom is 0.293 e. The third-order valence-electron chi connectivity index (χ3n) is 3.71. The highest BCUT2D eigenvalue weighted by molar-refractivity contribution is 5.31. The molecule has 0 aromatic carbocycles. The second-order valence-electron chi connectivity index (χ2n) is 5.00. The Kier molecular flexibility index (Phi) is 3.71. The lowest BCUT2D eigenvalue weighted by Gasteiger charge is -2.25. The molecule has 18 heavy (non-hydrogen) atoms. The largest absolute Gasteiger partial charge is 0.388 e. The highest BCUT2D eigenvalue weighted by Crippen LogP contribution is 2.33. The average molecular weight is 251 g/mol. The van der Waals surface area contributed by atoms with Crippen LogP contribution in [0.4, 0.5) is 5.82 Å². The summed E-state index contributed by atoms with van der Waals surface area (Å²) in [6.07, 6.45) is 6.81. The van der Waals surface area contributed by atoms with Gasteiger partial charge in [-0.1, -0.05) is 13.8 Å². The minimum atomic E-state index is -0.769. The number of rotatable bonds is 6. The number of hydrogen-bond donors (Lipinski definition) is 2. The van der Waals surface area contributed by atoms with E-state index in [1.165, 1.54) is 0 Å². The quantitative estimate of drug-likeness (QED) is 0.805. The van der Waals surface area contributed by atoms with E-state index in [4.69, 9.17) is 0 Å². The molecule has 0 bridgehead atoms. The molecular formula is C13H21N3O2. The molecule has 0 radical (unpaired) electrons. The van der Waals surface area contributed by atoms with Gasteiger partial charge in [-0.2, -0.15) is 0 Å². The molecule has 1 fully saturated rings. The SMILES string of the molecule is CCC(O)(CC)CNc1nccn(C2CC2)c1=O. The molecule has 0 amide bonds. The van der Waals surface area contributed by atoms with E-state index in [0.29, 0.717) is 31.2 Å². The summed E-state index contributed by atoms with van der Waals surface area (Å²) in [5.41, 5.74) is -0.858. The molecule has 1 aromatic rings. The molecule has 0 atom stereocenters. The summed E-state index contributed by atoms with van der Waals surface area (Å²) in [6.45, 7) is 4.23. The topological polar surface area (TPSA) is 67.2 Å². The molecule has 5 nitrogen and oxygen atoms in total. The van der Waals surface area contributed by atoms with Crippen molar-refractivity contribution in [2.24, 2.45) is 0 Å². The van der Waals surface area contributed by atoms with Gasteiger partial charge in [-0.3, -0.25) is 4.79 Å². The van der Waals surface area contributed by atoms with E-state index in [1.807, 2.05) is 13.8 Å². The Bertz CT molecular complexity index is 462. The van der Waals surface area contributed by atoms with E-state index in [-0.39, 0.29) is 5.56 Å². The lowest BCUT2D eigenvalue weighted by atomic mass is 9.98. The Hall–Kier alpha value is -1.36. The van der Waals surface area contributed by atoms with Crippen molar-refractivity contribution < 1.29 is 5.11 Å². The normalized spacial score (nSPS) is 15.7. The molecule has 1 aliphatic carbocycles. The van der Waals surface area contributed by atoms with Crippen LogP contribution >= 0.6 is 0 Å². The molecular weight excluding hydrogens is 230 g/mol. The van der Waals surface area contributed by atoms with Crippen LogP contribution in [0.2, 0.25) is 0 Å². The van der Waals surface area contributed by atoms with E-state index in [1.54, 1.807) is 17.0 Å². The Morgan fingerprint density at radius 2 is 2.17 bits per heavy atom. The highest BCUT2D eigenvalue weighted by Gasteiger charge is 2.26. The first-order valence-corrected chi connectivity index (χ1v) is 6.63. The zero-order valence-corrected chi connectivity index (χ0v) is 11.0. The highest BCUT2D eigenvalue weighted by atomic mass is 16.3. The van der Waals surface area contributed by atoms with Gasteiger partial charge in [-0.15, -0.1) is 0 Å². The summed E-state index contributed by atoms with van der Waals surface area (Å²) in [6, 6.07) is 0.345. The van der Waals surface area contributed by atoms with Crippen molar-refractivity contribution >= 4 is 5.82 Å².